The summed E-state index contributed by atoms with van der Waals surface area (Å²) in [5.74, 6) is 0. The molecule has 0 atom stereocenters. The van der Waals surface area contributed by atoms with E-state index < -0.39 is 0 Å². The first kappa shape index (κ1) is 32.5. The third-order valence-electron chi connectivity index (χ3n) is 4.37. The Hall–Kier alpha value is 0.821. The largest absolute Gasteiger partial charge is 3.00 e. The summed E-state index contributed by atoms with van der Waals surface area (Å²) in [6, 6.07) is 2.24. The molecule has 0 aliphatic rings. The first-order valence-corrected chi connectivity index (χ1v) is 11.0. The van der Waals surface area contributed by atoms with Crippen LogP contribution in [0.15, 0.2) is 6.07 Å². The predicted octanol–water partition coefficient (Wildman–Crippen LogP) is -0.216. The molecule has 0 aliphatic heterocycles. The molecule has 2 radical (unpaired) electrons. The first-order chi connectivity index (χ1) is 9.84. The summed E-state index contributed by atoms with van der Waals surface area (Å²) < 4.78 is 2.69. The van der Waals surface area contributed by atoms with Crippen LogP contribution in [0.1, 0.15) is 61.8 Å². The maximum absolute atomic E-state index is 2.69. The van der Waals surface area contributed by atoms with Gasteiger partial charge in [0.15, 0.2) is 0 Å². The molecule has 0 N–H and O–H groups in total. The van der Waals surface area contributed by atoms with Gasteiger partial charge in [0.25, 0.3) is 0 Å². The van der Waals surface area contributed by atoms with Crippen molar-refractivity contribution in [3.05, 3.63) is 28.3 Å². The number of aryl methyl sites for hydroxylation is 2. The Labute approximate surface area is 181 Å². The van der Waals surface area contributed by atoms with Gasteiger partial charge in [-0.05, 0) is 25.9 Å². The molecular weight excluding hydrogens is 389 g/mol. The second-order valence-electron chi connectivity index (χ2n) is 6.40. The molecule has 24 heavy (non-hydrogen) atoms. The Morgan fingerprint density at radius 3 is 1.29 bits per heavy atom. The van der Waals surface area contributed by atoms with Crippen LogP contribution in [0.4, 0.5) is 0 Å². The molecule has 0 fully saturated rings. The summed E-state index contributed by atoms with van der Waals surface area (Å²) >= 11 is 0. The molecule has 0 aromatic heterocycles. The zero-order valence-electron chi connectivity index (χ0n) is 17.0. The molecule has 1 aromatic carbocycles. The quantitative estimate of drug-likeness (QED) is 0.431. The average molecular weight is 426 g/mol. The van der Waals surface area contributed by atoms with Crippen molar-refractivity contribution in [3.8, 4) is 0 Å². The van der Waals surface area contributed by atoms with Crippen LogP contribution in [0, 0.1) is 27.7 Å². The maximum Gasteiger partial charge on any atom is 3.00 e. The van der Waals surface area contributed by atoms with Crippen molar-refractivity contribution in [1.29, 1.82) is 0 Å². The minimum atomic E-state index is -0.185. The van der Waals surface area contributed by atoms with E-state index in [1.807, 2.05) is 0 Å². The van der Waals surface area contributed by atoms with Crippen LogP contribution in [0.3, 0.4) is 0 Å². The summed E-state index contributed by atoms with van der Waals surface area (Å²) in [5.41, 5.74) is 5.75. The van der Waals surface area contributed by atoms with Gasteiger partial charge in [-0.15, -0.1) is 0 Å². The van der Waals surface area contributed by atoms with Gasteiger partial charge in [-0.25, -0.2) is 0 Å². The third-order valence-corrected chi connectivity index (χ3v) is 6.09. The minimum Gasteiger partial charge on any atom is -1.00 e. The number of halogens is 2. The maximum atomic E-state index is 2.69. The normalized spacial score (nSPS) is 9.58. The summed E-state index contributed by atoms with van der Waals surface area (Å²) in [7, 11) is -0.185. The van der Waals surface area contributed by atoms with Crippen LogP contribution >= 0.6 is 0 Å². The van der Waals surface area contributed by atoms with E-state index in [1.54, 1.807) is 0 Å². The fourth-order valence-corrected chi connectivity index (χ4v) is 3.60. The van der Waals surface area contributed by atoms with Crippen molar-refractivity contribution in [2.75, 3.05) is 13.1 Å². The Bertz CT molecular complexity index is 364. The molecular formula is C19H37Cl2NSiTi. The average Bonchev–Trinajstić information content (AvgIpc) is 2.66. The van der Waals surface area contributed by atoms with Gasteiger partial charge in [0, 0.05) is 0 Å². The van der Waals surface area contributed by atoms with E-state index in [-0.39, 0.29) is 55.5 Å². The summed E-state index contributed by atoms with van der Waals surface area (Å²) in [4.78, 5) is 0. The fourth-order valence-electron chi connectivity index (χ4n) is 2.39. The molecule has 0 spiro atoms. The van der Waals surface area contributed by atoms with Gasteiger partial charge in [-0.1, -0.05) is 67.5 Å². The molecule has 140 valence electrons. The second kappa shape index (κ2) is 18.6. The second-order valence-corrected chi connectivity index (χ2v) is 8.93. The van der Waals surface area contributed by atoms with E-state index in [2.05, 4.69) is 65.3 Å². The van der Waals surface area contributed by atoms with E-state index in [0.29, 0.717) is 0 Å². The van der Waals surface area contributed by atoms with Crippen molar-refractivity contribution in [2.45, 2.75) is 80.3 Å². The van der Waals surface area contributed by atoms with Gasteiger partial charge in [-0.3, -0.25) is 0 Å². The Morgan fingerprint density at radius 2 is 1.12 bits per heavy atom. The molecule has 0 amide bonds. The van der Waals surface area contributed by atoms with Crippen LogP contribution in [0.25, 0.3) is 0 Å². The summed E-state index contributed by atoms with van der Waals surface area (Å²) in [6.07, 6.45) is 5.41. The van der Waals surface area contributed by atoms with Crippen molar-refractivity contribution < 1.29 is 46.5 Å². The van der Waals surface area contributed by atoms with Gasteiger partial charge in [-0.2, -0.15) is 28.3 Å². The van der Waals surface area contributed by atoms with Crippen LogP contribution in [0.5, 0.6) is 0 Å². The van der Waals surface area contributed by atoms with Crippen LogP contribution in [-0.4, -0.2) is 26.6 Å². The van der Waals surface area contributed by atoms with E-state index in [9.17, 15) is 0 Å². The summed E-state index contributed by atoms with van der Waals surface area (Å²) in [5, 5.41) is 0. The van der Waals surface area contributed by atoms with E-state index in [1.165, 1.54) is 61.0 Å². The van der Waals surface area contributed by atoms with Crippen LogP contribution < -0.4 is 24.8 Å². The molecule has 0 saturated carbocycles. The van der Waals surface area contributed by atoms with Crippen molar-refractivity contribution >= 4 is 8.96 Å². The first-order valence-electron chi connectivity index (χ1n) is 8.60. The van der Waals surface area contributed by atoms with E-state index >= 15 is 0 Å². The monoisotopic (exact) mass is 425 g/mol. The predicted molar refractivity (Wildman–Crippen MR) is 99.9 cm³/mol. The molecule has 0 unspecified atom stereocenters. The Kier molecular flexibility index (Phi) is 25.2. The van der Waals surface area contributed by atoms with Crippen molar-refractivity contribution in [3.63, 3.8) is 0 Å². The van der Waals surface area contributed by atoms with Crippen LogP contribution in [-0.2, 0) is 21.7 Å². The molecule has 0 bridgehead atoms. The van der Waals surface area contributed by atoms with Crippen molar-refractivity contribution in [1.82, 2.24) is 4.57 Å². The SMILES string of the molecule is CCCCN(CCCC)[Si](C)C.Cc1[cH-]c(C)c(C)c1C.[Cl-].[Cl-].[Ti+3]. The molecule has 1 aromatic rings. The topological polar surface area (TPSA) is 3.24 Å². The smallest absolute Gasteiger partial charge is 1.00 e. The van der Waals surface area contributed by atoms with Gasteiger partial charge >= 0.3 is 21.7 Å². The molecule has 5 heteroatoms. The minimum absolute atomic E-state index is 0. The Balaban J connectivity index is -0.000000152. The van der Waals surface area contributed by atoms with E-state index in [4.69, 9.17) is 0 Å². The van der Waals surface area contributed by atoms with Gasteiger partial charge in [0.2, 0.25) is 0 Å². The molecule has 0 saturated heterocycles. The standard InChI is InChI=1S/C10H24NSi.C9H13.2ClH.Ti/c1-5-7-9-11(12(3)4)10-8-6-2;1-6-5-7(2)9(4)8(6)3;;;/h5-10H2,1-4H3;5H,1-4H3;2*1H;/q;-1;;;+3/p-2. The van der Waals surface area contributed by atoms with Crippen molar-refractivity contribution in [2.24, 2.45) is 0 Å². The number of rotatable bonds is 7. The number of hydrogen-bond acceptors (Lipinski definition) is 1. The molecule has 1 rings (SSSR count). The van der Waals surface area contributed by atoms with Gasteiger partial charge < -0.3 is 29.4 Å². The van der Waals surface area contributed by atoms with Gasteiger partial charge in [0.05, 0.1) is 0 Å². The zero-order chi connectivity index (χ0) is 16.4. The van der Waals surface area contributed by atoms with Gasteiger partial charge in [0.1, 0.15) is 8.96 Å². The third kappa shape index (κ3) is 13.1. The summed E-state index contributed by atoms with van der Waals surface area (Å²) in [6.45, 7) is 20.7. The molecule has 1 nitrogen and oxygen atoms in total. The zero-order valence-corrected chi connectivity index (χ0v) is 21.1. The van der Waals surface area contributed by atoms with Crippen LogP contribution in [0.2, 0.25) is 13.1 Å². The molecule has 0 heterocycles. The Morgan fingerprint density at radius 1 is 0.792 bits per heavy atom. The van der Waals surface area contributed by atoms with E-state index in [0.717, 1.165) is 0 Å². The number of nitrogens with zero attached hydrogens (tertiary/aromatic N) is 1. The fraction of sp³-hybridized carbons (Fsp3) is 0.737. The molecule has 0 aliphatic carbocycles. The number of hydrogen-bond donors (Lipinski definition) is 0. The number of unbranched alkanes of at least 4 members (excludes halogenated alkanes) is 2.